The van der Waals surface area contributed by atoms with E-state index in [2.05, 4.69) is 10.6 Å². The van der Waals surface area contributed by atoms with Gasteiger partial charge in [-0.2, -0.15) is 0 Å². The molecule has 0 heterocycles. The van der Waals surface area contributed by atoms with Crippen molar-refractivity contribution >= 4 is 34.6 Å². The molecule has 0 atom stereocenters. The van der Waals surface area contributed by atoms with E-state index in [0.29, 0.717) is 10.8 Å². The minimum atomic E-state index is -0.442. The van der Waals surface area contributed by atoms with Crippen LogP contribution in [0.1, 0.15) is 0 Å². The maximum absolute atomic E-state index is 12.7. The highest BCUT2D eigenvalue weighted by Gasteiger charge is 2.00. The van der Waals surface area contributed by atoms with Gasteiger partial charge in [-0.05, 0) is 30.4 Å². The molecule has 5 heteroatoms. The van der Waals surface area contributed by atoms with Gasteiger partial charge in [0.1, 0.15) is 5.82 Å². The van der Waals surface area contributed by atoms with Crippen molar-refractivity contribution in [3.05, 3.63) is 29.0 Å². The number of anilines is 1. The second-order valence-corrected chi connectivity index (χ2v) is 3.15. The molecule has 1 rings (SSSR count). The maximum Gasteiger partial charge on any atom is 0.170 e. The molecule has 0 saturated carbocycles. The summed E-state index contributed by atoms with van der Waals surface area (Å²) in [5.74, 6) is -0.442. The first-order valence-corrected chi connectivity index (χ1v) is 4.36. The molecule has 0 amide bonds. The summed E-state index contributed by atoms with van der Waals surface area (Å²) < 4.78 is 12.7. The molecular weight excluding hydrogens is 211 g/mol. The van der Waals surface area contributed by atoms with Crippen molar-refractivity contribution in [2.75, 3.05) is 12.4 Å². The Labute approximate surface area is 86.1 Å². The third-order valence-corrected chi connectivity index (χ3v) is 2.00. The molecule has 0 saturated heterocycles. The molecule has 0 aromatic heterocycles. The van der Waals surface area contributed by atoms with Gasteiger partial charge in [0, 0.05) is 12.7 Å². The van der Waals surface area contributed by atoms with E-state index in [-0.39, 0.29) is 5.02 Å². The number of thiocarbonyl (C=S) groups is 1. The number of hydrogen-bond donors (Lipinski definition) is 2. The van der Waals surface area contributed by atoms with Crippen LogP contribution in [-0.2, 0) is 0 Å². The average Bonchev–Trinajstić information content (AvgIpc) is 2.11. The first-order chi connectivity index (χ1) is 6.13. The van der Waals surface area contributed by atoms with Crippen molar-refractivity contribution in [3.63, 3.8) is 0 Å². The van der Waals surface area contributed by atoms with Crippen LogP contribution >= 0.6 is 23.8 Å². The summed E-state index contributed by atoms with van der Waals surface area (Å²) in [6, 6.07) is 4.31. The lowest BCUT2D eigenvalue weighted by Gasteiger charge is -2.06. The fourth-order valence-corrected chi connectivity index (χ4v) is 1.07. The molecular formula is C8H8ClFN2S. The Morgan fingerprint density at radius 3 is 2.77 bits per heavy atom. The molecule has 2 nitrogen and oxygen atoms in total. The second-order valence-electron chi connectivity index (χ2n) is 2.33. The summed E-state index contributed by atoms with van der Waals surface area (Å²) in [6.45, 7) is 0. The summed E-state index contributed by atoms with van der Waals surface area (Å²) in [6.07, 6.45) is 0. The predicted molar refractivity (Wildman–Crippen MR) is 56.7 cm³/mol. The van der Waals surface area contributed by atoms with E-state index in [1.807, 2.05) is 0 Å². The molecule has 2 N–H and O–H groups in total. The van der Waals surface area contributed by atoms with E-state index in [1.54, 1.807) is 13.1 Å². The quantitative estimate of drug-likeness (QED) is 0.708. The Bertz CT molecular complexity index is 330. The topological polar surface area (TPSA) is 24.1 Å². The normalized spacial score (nSPS) is 9.46. The van der Waals surface area contributed by atoms with Gasteiger partial charge in [0.2, 0.25) is 0 Å². The summed E-state index contributed by atoms with van der Waals surface area (Å²) in [5, 5.41) is 6.09. The third kappa shape index (κ3) is 2.82. The molecule has 13 heavy (non-hydrogen) atoms. The van der Waals surface area contributed by atoms with E-state index in [1.165, 1.54) is 12.1 Å². The minimum Gasteiger partial charge on any atom is -0.366 e. The van der Waals surface area contributed by atoms with Crippen LogP contribution in [0, 0.1) is 5.82 Å². The molecule has 1 aromatic carbocycles. The van der Waals surface area contributed by atoms with Crippen molar-refractivity contribution in [2.45, 2.75) is 0 Å². The van der Waals surface area contributed by atoms with Crippen LogP contribution in [0.3, 0.4) is 0 Å². The van der Waals surface area contributed by atoms with Crippen molar-refractivity contribution in [2.24, 2.45) is 0 Å². The molecule has 0 aliphatic heterocycles. The fraction of sp³-hybridized carbons (Fsp3) is 0.125. The molecule has 70 valence electrons. The number of halogens is 2. The average molecular weight is 219 g/mol. The van der Waals surface area contributed by atoms with Gasteiger partial charge in [-0.3, -0.25) is 0 Å². The third-order valence-electron chi connectivity index (χ3n) is 1.40. The zero-order valence-electron chi connectivity index (χ0n) is 6.90. The summed E-state index contributed by atoms with van der Waals surface area (Å²) in [7, 11) is 1.69. The molecule has 0 unspecified atom stereocenters. The first kappa shape index (κ1) is 10.2. The van der Waals surface area contributed by atoms with Crippen LogP contribution in [0.4, 0.5) is 10.1 Å². The molecule has 0 radical (unpaired) electrons. The Morgan fingerprint density at radius 2 is 2.23 bits per heavy atom. The number of benzene rings is 1. The van der Waals surface area contributed by atoms with Gasteiger partial charge < -0.3 is 10.6 Å². The highest BCUT2D eigenvalue weighted by molar-refractivity contribution is 7.80. The predicted octanol–water partition coefficient (Wildman–Crippen LogP) is 2.40. The number of nitrogens with one attached hydrogen (secondary N) is 2. The van der Waals surface area contributed by atoms with Gasteiger partial charge in [-0.15, -0.1) is 0 Å². The molecule has 0 spiro atoms. The van der Waals surface area contributed by atoms with Crippen LogP contribution in [0.5, 0.6) is 0 Å². The van der Waals surface area contributed by atoms with Gasteiger partial charge in [0.05, 0.1) is 5.02 Å². The minimum absolute atomic E-state index is 0.0731. The van der Waals surface area contributed by atoms with Crippen molar-refractivity contribution in [1.29, 1.82) is 0 Å². The maximum atomic E-state index is 12.7. The van der Waals surface area contributed by atoms with Gasteiger partial charge in [-0.25, -0.2) is 4.39 Å². The van der Waals surface area contributed by atoms with E-state index in [0.717, 1.165) is 0 Å². The Morgan fingerprint density at radius 1 is 1.54 bits per heavy atom. The Balaban J connectivity index is 2.79. The highest BCUT2D eigenvalue weighted by atomic mass is 35.5. The van der Waals surface area contributed by atoms with E-state index in [9.17, 15) is 4.39 Å². The van der Waals surface area contributed by atoms with Crippen LogP contribution in [-0.4, -0.2) is 12.2 Å². The standard InChI is InChI=1S/C8H8ClFN2S/c1-11-8(13)12-5-2-3-7(10)6(9)4-5/h2-4H,1H3,(H2,11,12,13). The monoisotopic (exact) mass is 218 g/mol. The van der Waals surface area contributed by atoms with Gasteiger partial charge in [-0.1, -0.05) is 11.6 Å². The molecule has 0 aliphatic carbocycles. The largest absolute Gasteiger partial charge is 0.366 e. The number of rotatable bonds is 1. The lowest BCUT2D eigenvalue weighted by atomic mass is 10.3. The van der Waals surface area contributed by atoms with E-state index >= 15 is 0 Å². The fourth-order valence-electron chi connectivity index (χ4n) is 0.767. The zero-order valence-corrected chi connectivity index (χ0v) is 8.47. The molecule has 1 aromatic rings. The zero-order chi connectivity index (χ0) is 9.84. The Hall–Kier alpha value is -0.870. The van der Waals surface area contributed by atoms with Crippen LogP contribution in [0.2, 0.25) is 5.02 Å². The van der Waals surface area contributed by atoms with Gasteiger partial charge >= 0.3 is 0 Å². The highest BCUT2D eigenvalue weighted by Crippen LogP contribution is 2.18. The van der Waals surface area contributed by atoms with E-state index < -0.39 is 5.82 Å². The lowest BCUT2D eigenvalue weighted by molar-refractivity contribution is 0.628. The molecule has 0 bridgehead atoms. The van der Waals surface area contributed by atoms with E-state index in [4.69, 9.17) is 23.8 Å². The van der Waals surface area contributed by atoms with Crippen molar-refractivity contribution in [3.8, 4) is 0 Å². The Kier molecular flexibility index (Phi) is 3.45. The van der Waals surface area contributed by atoms with Crippen molar-refractivity contribution in [1.82, 2.24) is 5.32 Å². The first-order valence-electron chi connectivity index (χ1n) is 3.57. The summed E-state index contributed by atoms with van der Waals surface area (Å²) in [4.78, 5) is 0. The summed E-state index contributed by atoms with van der Waals surface area (Å²) >= 11 is 10.4. The van der Waals surface area contributed by atoms with Crippen molar-refractivity contribution < 1.29 is 4.39 Å². The van der Waals surface area contributed by atoms with Crippen LogP contribution < -0.4 is 10.6 Å². The molecule has 0 fully saturated rings. The number of hydrogen-bond acceptors (Lipinski definition) is 1. The van der Waals surface area contributed by atoms with Gasteiger partial charge in [0.25, 0.3) is 0 Å². The van der Waals surface area contributed by atoms with Gasteiger partial charge in [0.15, 0.2) is 5.11 Å². The second kappa shape index (κ2) is 4.39. The summed E-state index contributed by atoms with van der Waals surface area (Å²) in [5.41, 5.74) is 0.658. The van der Waals surface area contributed by atoms with Crippen LogP contribution in [0.25, 0.3) is 0 Å². The smallest absolute Gasteiger partial charge is 0.170 e. The molecule has 0 aliphatic rings. The SMILES string of the molecule is CNC(=S)Nc1ccc(F)c(Cl)c1. The van der Waals surface area contributed by atoms with Crippen LogP contribution in [0.15, 0.2) is 18.2 Å². The lowest BCUT2D eigenvalue weighted by Crippen LogP contribution is -2.24.